The number of halogens is 6. The number of rotatable bonds is 6. The molecule has 0 saturated heterocycles. The lowest BCUT2D eigenvalue weighted by Crippen LogP contribution is -2.48. The van der Waals surface area contributed by atoms with Crippen LogP contribution in [0.25, 0.3) is 0 Å². The Labute approximate surface area is 122 Å². The number of alkyl halides is 6. The zero-order valence-corrected chi connectivity index (χ0v) is 12.1. The van der Waals surface area contributed by atoms with Crippen LogP contribution in [0.1, 0.15) is 33.6 Å². The number of hydrogen-bond donors (Lipinski definition) is 0. The van der Waals surface area contributed by atoms with Gasteiger partial charge in [-0.05, 0) is 13.3 Å². The molecule has 22 heavy (non-hydrogen) atoms. The number of esters is 2. The summed E-state index contributed by atoms with van der Waals surface area (Å²) >= 11 is 0. The van der Waals surface area contributed by atoms with E-state index in [9.17, 15) is 35.9 Å². The normalized spacial score (nSPS) is 15.4. The van der Waals surface area contributed by atoms with E-state index in [0.717, 1.165) is 6.92 Å². The molecule has 0 saturated carbocycles. The summed E-state index contributed by atoms with van der Waals surface area (Å²) in [5, 5.41) is 0. The Hall–Kier alpha value is -1.48. The van der Waals surface area contributed by atoms with E-state index in [4.69, 9.17) is 0 Å². The Balaban J connectivity index is 5.14. The molecule has 10 heteroatoms. The van der Waals surface area contributed by atoms with Crippen LogP contribution in [0.2, 0.25) is 0 Å². The van der Waals surface area contributed by atoms with Crippen LogP contribution < -0.4 is 0 Å². The Morgan fingerprint density at radius 1 is 1.00 bits per heavy atom. The molecule has 0 fully saturated rings. The topological polar surface area (TPSA) is 52.6 Å². The van der Waals surface area contributed by atoms with Crippen molar-refractivity contribution in [2.45, 2.75) is 52.1 Å². The van der Waals surface area contributed by atoms with Crippen LogP contribution >= 0.6 is 0 Å². The molecule has 0 radical (unpaired) electrons. The van der Waals surface area contributed by atoms with Crippen molar-refractivity contribution < 1.29 is 45.4 Å². The van der Waals surface area contributed by atoms with Gasteiger partial charge in [0, 0.05) is 6.42 Å². The van der Waals surface area contributed by atoms with Gasteiger partial charge in [-0.3, -0.25) is 9.59 Å². The lowest BCUT2D eigenvalue weighted by molar-refractivity contribution is -0.316. The fourth-order valence-electron chi connectivity index (χ4n) is 1.22. The van der Waals surface area contributed by atoms with Crippen molar-refractivity contribution in [3.05, 3.63) is 0 Å². The standard InChI is InChI=1S/C12H16F6O4/c1-4-7(19)21-6-10(3,5-2)9(20)22-8(11(13,14)15)12(16,17)18/h8H,4-6H2,1-3H3. The maximum Gasteiger partial charge on any atom is 0.434 e. The molecule has 0 amide bonds. The molecule has 0 aliphatic carbocycles. The highest BCUT2D eigenvalue weighted by molar-refractivity contribution is 5.77. The zero-order chi connectivity index (χ0) is 17.8. The molecule has 0 N–H and O–H groups in total. The highest BCUT2D eigenvalue weighted by atomic mass is 19.4. The minimum atomic E-state index is -5.79. The van der Waals surface area contributed by atoms with E-state index in [2.05, 4.69) is 9.47 Å². The number of ether oxygens (including phenoxy) is 2. The van der Waals surface area contributed by atoms with Gasteiger partial charge in [0.1, 0.15) is 6.61 Å². The van der Waals surface area contributed by atoms with Gasteiger partial charge in [-0.25, -0.2) is 0 Å². The van der Waals surface area contributed by atoms with Crippen LogP contribution in [0.15, 0.2) is 0 Å². The van der Waals surface area contributed by atoms with Gasteiger partial charge in [0.05, 0.1) is 5.41 Å². The molecule has 4 nitrogen and oxygen atoms in total. The van der Waals surface area contributed by atoms with Crippen LogP contribution in [0.3, 0.4) is 0 Å². The van der Waals surface area contributed by atoms with Crippen molar-refractivity contribution in [3.8, 4) is 0 Å². The summed E-state index contributed by atoms with van der Waals surface area (Å²) in [6.45, 7) is 3.17. The molecule has 0 heterocycles. The van der Waals surface area contributed by atoms with Crippen molar-refractivity contribution in [1.82, 2.24) is 0 Å². The molecule has 0 aromatic carbocycles. The molecule has 0 rings (SSSR count). The summed E-state index contributed by atoms with van der Waals surface area (Å²) in [6, 6.07) is 0. The minimum absolute atomic E-state index is 0.0530. The van der Waals surface area contributed by atoms with E-state index in [0.29, 0.717) is 0 Å². The maximum absolute atomic E-state index is 12.4. The van der Waals surface area contributed by atoms with Crippen LogP contribution in [-0.4, -0.2) is 37.0 Å². The van der Waals surface area contributed by atoms with Crippen molar-refractivity contribution >= 4 is 11.9 Å². The van der Waals surface area contributed by atoms with Crippen LogP contribution in [0, 0.1) is 5.41 Å². The smallest absolute Gasteiger partial charge is 0.434 e. The van der Waals surface area contributed by atoms with Crippen molar-refractivity contribution in [2.24, 2.45) is 5.41 Å². The lowest BCUT2D eigenvalue weighted by atomic mass is 9.88. The average molecular weight is 338 g/mol. The molecular weight excluding hydrogens is 322 g/mol. The van der Waals surface area contributed by atoms with Gasteiger partial charge in [0.15, 0.2) is 0 Å². The van der Waals surface area contributed by atoms with Crippen molar-refractivity contribution in [1.29, 1.82) is 0 Å². The fourth-order valence-corrected chi connectivity index (χ4v) is 1.22. The second-order valence-corrected chi connectivity index (χ2v) is 4.80. The third-order valence-corrected chi connectivity index (χ3v) is 2.93. The predicted octanol–water partition coefficient (Wildman–Crippen LogP) is 3.39. The van der Waals surface area contributed by atoms with E-state index < -0.39 is 42.4 Å². The van der Waals surface area contributed by atoms with Gasteiger partial charge in [0.2, 0.25) is 0 Å². The van der Waals surface area contributed by atoms with Gasteiger partial charge in [-0.2, -0.15) is 26.3 Å². The lowest BCUT2D eigenvalue weighted by Gasteiger charge is -2.29. The predicted molar refractivity (Wildman–Crippen MR) is 61.6 cm³/mol. The van der Waals surface area contributed by atoms with Gasteiger partial charge < -0.3 is 9.47 Å². The van der Waals surface area contributed by atoms with E-state index in [-0.39, 0.29) is 12.8 Å². The molecule has 1 unspecified atom stereocenters. The molecule has 0 spiro atoms. The SMILES string of the molecule is CCC(=O)OCC(C)(CC)C(=O)OC(C(F)(F)F)C(F)(F)F. The van der Waals surface area contributed by atoms with Gasteiger partial charge >= 0.3 is 24.3 Å². The first-order valence-electron chi connectivity index (χ1n) is 6.28. The minimum Gasteiger partial charge on any atom is -0.464 e. The zero-order valence-electron chi connectivity index (χ0n) is 12.1. The Bertz CT molecular complexity index is 389. The summed E-state index contributed by atoms with van der Waals surface area (Å²) in [4.78, 5) is 22.7. The van der Waals surface area contributed by atoms with E-state index in [1.54, 1.807) is 0 Å². The van der Waals surface area contributed by atoms with Crippen LogP contribution in [-0.2, 0) is 19.1 Å². The summed E-state index contributed by atoms with van der Waals surface area (Å²) in [6.07, 6.45) is -16.0. The van der Waals surface area contributed by atoms with E-state index in [1.165, 1.54) is 13.8 Å². The van der Waals surface area contributed by atoms with Crippen LogP contribution in [0.4, 0.5) is 26.3 Å². The molecule has 1 atom stereocenters. The first-order valence-corrected chi connectivity index (χ1v) is 6.28. The van der Waals surface area contributed by atoms with Crippen molar-refractivity contribution in [2.75, 3.05) is 6.61 Å². The summed E-state index contributed by atoms with van der Waals surface area (Å²) in [5.41, 5.74) is -1.81. The van der Waals surface area contributed by atoms with Gasteiger partial charge in [-0.1, -0.05) is 13.8 Å². The molecule has 130 valence electrons. The average Bonchev–Trinajstić information content (AvgIpc) is 2.38. The second kappa shape index (κ2) is 7.19. The van der Waals surface area contributed by atoms with Gasteiger partial charge in [-0.15, -0.1) is 0 Å². The Morgan fingerprint density at radius 3 is 1.77 bits per heavy atom. The molecule has 0 aromatic heterocycles. The second-order valence-electron chi connectivity index (χ2n) is 4.80. The highest BCUT2D eigenvalue weighted by Gasteiger charge is 2.60. The molecular formula is C12H16F6O4. The Kier molecular flexibility index (Phi) is 6.70. The Morgan fingerprint density at radius 2 is 1.45 bits per heavy atom. The quantitative estimate of drug-likeness (QED) is 0.550. The molecule has 0 aromatic rings. The van der Waals surface area contributed by atoms with E-state index in [1.807, 2.05) is 0 Å². The van der Waals surface area contributed by atoms with Crippen LogP contribution in [0.5, 0.6) is 0 Å². The van der Waals surface area contributed by atoms with Gasteiger partial charge in [0.25, 0.3) is 6.10 Å². The monoisotopic (exact) mass is 338 g/mol. The van der Waals surface area contributed by atoms with Crippen molar-refractivity contribution in [3.63, 3.8) is 0 Å². The highest BCUT2D eigenvalue weighted by Crippen LogP contribution is 2.37. The fraction of sp³-hybridized carbons (Fsp3) is 0.833. The summed E-state index contributed by atoms with van der Waals surface area (Å²) < 4.78 is 82.4. The number of carbonyl (C=O) groups excluding carboxylic acids is 2. The summed E-state index contributed by atoms with van der Waals surface area (Å²) in [7, 11) is 0. The molecule has 0 bridgehead atoms. The summed E-state index contributed by atoms with van der Waals surface area (Å²) in [5.74, 6) is -2.48. The van der Waals surface area contributed by atoms with E-state index >= 15 is 0 Å². The number of carbonyl (C=O) groups is 2. The maximum atomic E-state index is 12.4. The first-order chi connectivity index (χ1) is 9.78. The third-order valence-electron chi connectivity index (χ3n) is 2.93. The first kappa shape index (κ1) is 20.5. The molecule has 0 aliphatic rings. The largest absolute Gasteiger partial charge is 0.464 e. The number of hydrogen-bond acceptors (Lipinski definition) is 4. The third kappa shape index (κ3) is 5.72. The molecule has 0 aliphatic heterocycles.